The standard InChI is InChI=1S/C83H144O16P2/c1-4-7-10-13-16-19-22-25-27-29-31-33-35-37-38-40-42-43-45-47-49-52-54-57-60-63-66-69-81(86)93-72-78(84)73-95-100(89,90)96-74-79(85)75-97-101(91,92)98-77-80(99-83(88)71-68-65-62-59-56-51-24-21-18-15-12-9-6-3)76-94-82(87)70-67-64-61-58-55-53-50-48-46-44-41-39-36-34-32-30-28-26-23-20-17-14-11-8-5-2/h8,11,16-17,19-21,24-28,31-34,37-39,41,78-80,84-85H,4-7,9-10,12-15,18,22-23,29-30,35-36,40,42-77H2,1-3H3,(H,89,90)(H,91,92)/b11-8-,19-16-,20-17-,24-21-,27-25-,28-26-,33-31-,34-32-,38-37-,41-39-. The van der Waals surface area contributed by atoms with E-state index in [1.54, 1.807) is 0 Å². The molecule has 582 valence electrons. The van der Waals surface area contributed by atoms with Gasteiger partial charge in [0.15, 0.2) is 6.10 Å². The van der Waals surface area contributed by atoms with Gasteiger partial charge in [0.1, 0.15) is 25.4 Å². The number of phosphoric acid groups is 2. The Hall–Kier alpha value is -4.05. The maximum atomic E-state index is 12.9. The molecule has 0 rings (SSSR count). The molecule has 0 saturated carbocycles. The first-order chi connectivity index (χ1) is 49.2. The Morgan fingerprint density at radius 3 is 0.861 bits per heavy atom. The predicted molar refractivity (Wildman–Crippen MR) is 417 cm³/mol. The van der Waals surface area contributed by atoms with E-state index in [1.165, 1.54) is 122 Å². The molecule has 0 spiro atoms. The van der Waals surface area contributed by atoms with Gasteiger partial charge in [-0.3, -0.25) is 32.5 Å². The zero-order chi connectivity index (χ0) is 73.7. The second-order valence-corrected chi connectivity index (χ2v) is 29.4. The molecule has 0 aliphatic heterocycles. The number of allylic oxidation sites excluding steroid dienone is 20. The molecule has 16 nitrogen and oxygen atoms in total. The molecule has 0 amide bonds. The maximum absolute atomic E-state index is 12.9. The van der Waals surface area contributed by atoms with Crippen LogP contribution in [-0.2, 0) is 55.8 Å². The minimum atomic E-state index is -4.93. The van der Waals surface area contributed by atoms with Crippen molar-refractivity contribution in [2.24, 2.45) is 0 Å². The van der Waals surface area contributed by atoms with Crippen molar-refractivity contribution >= 4 is 33.6 Å². The predicted octanol–water partition coefficient (Wildman–Crippen LogP) is 23.3. The van der Waals surface area contributed by atoms with Gasteiger partial charge in [0, 0.05) is 19.3 Å². The highest BCUT2D eigenvalue weighted by Crippen LogP contribution is 2.45. The molecule has 0 aliphatic rings. The summed E-state index contributed by atoms with van der Waals surface area (Å²) < 4.78 is 61.1. The lowest BCUT2D eigenvalue weighted by atomic mass is 10.0. The molecule has 0 heterocycles. The molecule has 0 fully saturated rings. The molecule has 0 aliphatic carbocycles. The minimum Gasteiger partial charge on any atom is -0.463 e. The van der Waals surface area contributed by atoms with Gasteiger partial charge in [-0.2, -0.15) is 0 Å². The van der Waals surface area contributed by atoms with Crippen molar-refractivity contribution in [2.45, 2.75) is 347 Å². The number of carbonyl (C=O) groups excluding carboxylic acids is 3. The van der Waals surface area contributed by atoms with E-state index >= 15 is 0 Å². The van der Waals surface area contributed by atoms with Gasteiger partial charge in [-0.05, 0) is 135 Å². The van der Waals surface area contributed by atoms with Crippen molar-refractivity contribution in [2.75, 3.05) is 39.6 Å². The Morgan fingerprint density at radius 2 is 0.525 bits per heavy atom. The number of rotatable bonds is 75. The van der Waals surface area contributed by atoms with Gasteiger partial charge >= 0.3 is 33.6 Å². The number of esters is 3. The second-order valence-electron chi connectivity index (χ2n) is 26.5. The second kappa shape index (κ2) is 75.6. The zero-order valence-electron chi connectivity index (χ0n) is 63.5. The summed E-state index contributed by atoms with van der Waals surface area (Å²) in [5.41, 5.74) is 0. The summed E-state index contributed by atoms with van der Waals surface area (Å²) in [6, 6.07) is 0. The first-order valence-corrected chi connectivity index (χ1v) is 42.8. The highest BCUT2D eigenvalue weighted by Gasteiger charge is 2.29. The molecule has 4 N–H and O–H groups in total. The minimum absolute atomic E-state index is 0.0917. The van der Waals surface area contributed by atoms with E-state index in [9.17, 15) is 43.5 Å². The fourth-order valence-corrected chi connectivity index (χ4v) is 12.2. The lowest BCUT2D eigenvalue weighted by Gasteiger charge is -2.21. The van der Waals surface area contributed by atoms with Gasteiger partial charge in [-0.1, -0.05) is 296 Å². The third kappa shape index (κ3) is 76.9. The van der Waals surface area contributed by atoms with Crippen molar-refractivity contribution in [1.82, 2.24) is 0 Å². The van der Waals surface area contributed by atoms with Gasteiger partial charge in [-0.25, -0.2) is 9.13 Å². The average Bonchev–Trinajstić information content (AvgIpc) is 0.943. The van der Waals surface area contributed by atoms with Crippen molar-refractivity contribution in [3.8, 4) is 0 Å². The number of hydrogen-bond acceptors (Lipinski definition) is 14. The number of aliphatic hydroxyl groups is 2. The molecule has 5 unspecified atom stereocenters. The Morgan fingerprint density at radius 1 is 0.287 bits per heavy atom. The van der Waals surface area contributed by atoms with Crippen LogP contribution in [0.4, 0.5) is 0 Å². The lowest BCUT2D eigenvalue weighted by molar-refractivity contribution is -0.161. The topological polar surface area (TPSA) is 231 Å². The summed E-state index contributed by atoms with van der Waals surface area (Å²) in [4.78, 5) is 58.6. The maximum Gasteiger partial charge on any atom is 0.472 e. The average molecular weight is 1460 g/mol. The molecule has 18 heteroatoms. The molecular weight excluding hydrogens is 1310 g/mol. The SMILES string of the molecule is CC/C=C\C/C=C\C/C=C\C/C=C\C/C=C\CCCCCCCCCCCC(=O)OCC(COP(=O)(O)OCC(O)COP(=O)(O)OCC(O)COC(=O)CCCCCCCCCCCCC/C=C\C/C=C\C/C=C\C/C=C\CCCCC)OC(=O)CCCCCCC/C=C\CCCCCC. The van der Waals surface area contributed by atoms with Crippen LogP contribution in [0.1, 0.15) is 329 Å². The monoisotopic (exact) mass is 1460 g/mol. The van der Waals surface area contributed by atoms with Gasteiger partial charge in [0.25, 0.3) is 0 Å². The van der Waals surface area contributed by atoms with Crippen LogP contribution < -0.4 is 0 Å². The first-order valence-electron chi connectivity index (χ1n) is 39.8. The fourth-order valence-electron chi connectivity index (χ4n) is 10.6. The number of unbranched alkanes of at least 4 members (excludes halogenated alkanes) is 32. The third-order valence-electron chi connectivity index (χ3n) is 16.6. The Bertz CT molecular complexity index is 2320. The van der Waals surface area contributed by atoms with Crippen molar-refractivity contribution < 1.29 is 75.8 Å². The summed E-state index contributed by atoms with van der Waals surface area (Å²) in [7, 11) is -9.79. The van der Waals surface area contributed by atoms with E-state index in [2.05, 4.69) is 142 Å². The normalized spacial score (nSPS) is 14.6. The van der Waals surface area contributed by atoms with Crippen molar-refractivity contribution in [3.63, 3.8) is 0 Å². The van der Waals surface area contributed by atoms with E-state index in [0.29, 0.717) is 19.3 Å². The molecule has 0 radical (unpaired) electrons. The van der Waals surface area contributed by atoms with Crippen LogP contribution in [0.3, 0.4) is 0 Å². The summed E-state index contributed by atoms with van der Waals surface area (Å²) in [5.74, 6) is -1.59. The number of hydrogen-bond donors (Lipinski definition) is 4. The number of ether oxygens (including phenoxy) is 3. The smallest absolute Gasteiger partial charge is 0.463 e. The quantitative estimate of drug-likeness (QED) is 0.0146. The highest BCUT2D eigenvalue weighted by molar-refractivity contribution is 7.47. The van der Waals surface area contributed by atoms with Crippen LogP contribution in [0.25, 0.3) is 0 Å². The summed E-state index contributed by atoms with van der Waals surface area (Å²) >= 11 is 0. The van der Waals surface area contributed by atoms with E-state index < -0.39 is 91.5 Å². The molecule has 101 heavy (non-hydrogen) atoms. The van der Waals surface area contributed by atoms with Crippen molar-refractivity contribution in [1.29, 1.82) is 0 Å². The van der Waals surface area contributed by atoms with E-state index in [1.807, 2.05) is 0 Å². The zero-order valence-corrected chi connectivity index (χ0v) is 65.3. The van der Waals surface area contributed by atoms with Crippen LogP contribution in [-0.4, -0.2) is 95.9 Å². The Balaban J connectivity index is 4.53. The molecule has 5 atom stereocenters. The molecule has 0 bridgehead atoms. The van der Waals surface area contributed by atoms with Gasteiger partial charge in [0.2, 0.25) is 0 Å². The largest absolute Gasteiger partial charge is 0.472 e. The lowest BCUT2D eigenvalue weighted by Crippen LogP contribution is -2.30. The highest BCUT2D eigenvalue weighted by atomic mass is 31.2. The summed E-state index contributed by atoms with van der Waals surface area (Å²) in [6.07, 6.45) is 89.6. The fraction of sp³-hybridized carbons (Fsp3) is 0.723. The third-order valence-corrected chi connectivity index (χ3v) is 18.5. The Kier molecular flexibility index (Phi) is 72.6. The Labute approximate surface area is 614 Å². The van der Waals surface area contributed by atoms with Crippen LogP contribution in [0.2, 0.25) is 0 Å². The van der Waals surface area contributed by atoms with E-state index in [4.69, 9.17) is 32.3 Å². The molecule has 0 aromatic rings. The summed E-state index contributed by atoms with van der Waals surface area (Å²) in [5, 5.41) is 20.6. The first kappa shape index (κ1) is 97.0. The molecular formula is C83H144O16P2. The number of aliphatic hydroxyl groups excluding tert-OH is 2. The van der Waals surface area contributed by atoms with E-state index in [-0.39, 0.29) is 19.3 Å². The van der Waals surface area contributed by atoms with Crippen molar-refractivity contribution in [3.05, 3.63) is 122 Å². The van der Waals surface area contributed by atoms with Crippen LogP contribution in [0.5, 0.6) is 0 Å². The number of carbonyl (C=O) groups is 3. The van der Waals surface area contributed by atoms with Crippen LogP contribution >= 0.6 is 15.6 Å². The molecule has 0 aromatic carbocycles. The molecule has 0 aromatic heterocycles. The van der Waals surface area contributed by atoms with Crippen LogP contribution in [0.15, 0.2) is 122 Å². The van der Waals surface area contributed by atoms with Gasteiger partial charge < -0.3 is 34.2 Å². The summed E-state index contributed by atoms with van der Waals surface area (Å²) in [6.45, 7) is 2.52. The number of phosphoric ester groups is 2. The van der Waals surface area contributed by atoms with Crippen LogP contribution in [0, 0.1) is 0 Å². The van der Waals surface area contributed by atoms with Gasteiger partial charge in [-0.15, -0.1) is 0 Å². The van der Waals surface area contributed by atoms with E-state index in [0.717, 1.165) is 148 Å². The molecule has 0 saturated heterocycles. The van der Waals surface area contributed by atoms with Gasteiger partial charge in [0.05, 0.1) is 26.4 Å².